The van der Waals surface area contributed by atoms with Crippen LogP contribution < -0.4 is 9.47 Å². The Balaban J connectivity index is 1.27. The van der Waals surface area contributed by atoms with Crippen molar-refractivity contribution in [3.05, 3.63) is 65.2 Å². The Labute approximate surface area is 172 Å². The summed E-state index contributed by atoms with van der Waals surface area (Å²) in [6, 6.07) is 10.7. The highest BCUT2D eigenvalue weighted by atomic mass is 19.4. The van der Waals surface area contributed by atoms with Gasteiger partial charge in [-0.1, -0.05) is 18.2 Å². The van der Waals surface area contributed by atoms with Gasteiger partial charge in [-0.05, 0) is 41.5 Å². The SMILES string of the molecule is O=C(C=Cc1ccc2c(c1)OCO2)N1CCN(Cc2ccc(C(F)(F)F)cc2)CC1. The van der Waals surface area contributed by atoms with Crippen LogP contribution >= 0.6 is 0 Å². The maximum Gasteiger partial charge on any atom is 0.416 e. The number of hydrogen-bond acceptors (Lipinski definition) is 4. The first kappa shape index (κ1) is 20.3. The fraction of sp³-hybridized carbons (Fsp3) is 0.318. The molecule has 0 aromatic heterocycles. The highest BCUT2D eigenvalue weighted by Gasteiger charge is 2.30. The fourth-order valence-electron chi connectivity index (χ4n) is 3.47. The average Bonchev–Trinajstić information content (AvgIpc) is 3.20. The molecule has 1 fully saturated rings. The zero-order chi connectivity index (χ0) is 21.1. The van der Waals surface area contributed by atoms with Crippen molar-refractivity contribution in [2.45, 2.75) is 12.7 Å². The Hall–Kier alpha value is -3.00. The van der Waals surface area contributed by atoms with Crippen molar-refractivity contribution in [1.29, 1.82) is 0 Å². The van der Waals surface area contributed by atoms with E-state index in [4.69, 9.17) is 9.47 Å². The predicted octanol–water partition coefficient (Wildman–Crippen LogP) is 3.79. The van der Waals surface area contributed by atoms with Crippen molar-refractivity contribution in [2.24, 2.45) is 0 Å². The number of alkyl halides is 3. The molecule has 0 spiro atoms. The first-order chi connectivity index (χ1) is 14.4. The molecule has 2 aliphatic heterocycles. The lowest BCUT2D eigenvalue weighted by atomic mass is 10.1. The minimum absolute atomic E-state index is 0.0677. The molecule has 0 aliphatic carbocycles. The maximum absolute atomic E-state index is 12.7. The van der Waals surface area contributed by atoms with Crippen LogP contribution in [-0.4, -0.2) is 48.7 Å². The van der Waals surface area contributed by atoms with Gasteiger partial charge in [0.2, 0.25) is 12.7 Å². The monoisotopic (exact) mass is 418 g/mol. The molecule has 1 saturated heterocycles. The van der Waals surface area contributed by atoms with E-state index < -0.39 is 11.7 Å². The van der Waals surface area contributed by atoms with Crippen LogP contribution in [0.5, 0.6) is 11.5 Å². The number of benzene rings is 2. The normalized spacial score (nSPS) is 17.0. The van der Waals surface area contributed by atoms with Crippen molar-refractivity contribution < 1.29 is 27.4 Å². The van der Waals surface area contributed by atoms with Crippen molar-refractivity contribution in [3.63, 3.8) is 0 Å². The van der Waals surface area contributed by atoms with Gasteiger partial charge in [-0.2, -0.15) is 13.2 Å². The number of amides is 1. The van der Waals surface area contributed by atoms with Crippen molar-refractivity contribution in [1.82, 2.24) is 9.80 Å². The van der Waals surface area contributed by atoms with Gasteiger partial charge in [0, 0.05) is 38.8 Å². The molecule has 8 heteroatoms. The number of carbonyl (C=O) groups is 1. The highest BCUT2D eigenvalue weighted by molar-refractivity contribution is 5.92. The van der Waals surface area contributed by atoms with E-state index in [1.54, 1.807) is 17.1 Å². The largest absolute Gasteiger partial charge is 0.454 e. The van der Waals surface area contributed by atoms with Gasteiger partial charge in [-0.3, -0.25) is 9.69 Å². The van der Waals surface area contributed by atoms with Crippen molar-refractivity contribution >= 4 is 12.0 Å². The number of carbonyl (C=O) groups excluding carboxylic acids is 1. The molecule has 158 valence electrons. The molecule has 2 aromatic carbocycles. The van der Waals surface area contributed by atoms with E-state index in [2.05, 4.69) is 4.90 Å². The second-order valence-corrected chi connectivity index (χ2v) is 7.24. The number of hydrogen-bond donors (Lipinski definition) is 0. The zero-order valence-corrected chi connectivity index (χ0v) is 16.2. The summed E-state index contributed by atoms with van der Waals surface area (Å²) in [7, 11) is 0. The topological polar surface area (TPSA) is 42.0 Å². The van der Waals surface area contributed by atoms with Crippen LogP contribution in [0.15, 0.2) is 48.5 Å². The molecule has 2 aliphatic rings. The summed E-state index contributed by atoms with van der Waals surface area (Å²) < 4.78 is 48.6. The molecule has 0 atom stereocenters. The molecule has 2 heterocycles. The second kappa shape index (κ2) is 8.39. The van der Waals surface area contributed by atoms with Gasteiger partial charge in [0.1, 0.15) is 0 Å². The van der Waals surface area contributed by atoms with Crippen LogP contribution in [0.2, 0.25) is 0 Å². The molecule has 4 rings (SSSR count). The quantitative estimate of drug-likeness (QED) is 0.709. The van der Waals surface area contributed by atoms with Gasteiger partial charge in [0.05, 0.1) is 5.56 Å². The molecule has 30 heavy (non-hydrogen) atoms. The number of fused-ring (bicyclic) bond motifs is 1. The van der Waals surface area contributed by atoms with E-state index in [0.29, 0.717) is 44.2 Å². The Bertz CT molecular complexity index is 934. The molecule has 0 N–H and O–H groups in total. The summed E-state index contributed by atoms with van der Waals surface area (Å²) in [5.41, 5.74) is 1.04. The zero-order valence-electron chi connectivity index (χ0n) is 16.2. The van der Waals surface area contributed by atoms with Gasteiger partial charge < -0.3 is 14.4 Å². The van der Waals surface area contributed by atoms with E-state index >= 15 is 0 Å². The third-order valence-corrected chi connectivity index (χ3v) is 5.19. The standard InChI is InChI=1S/C22H21F3N2O3/c23-22(24,25)18-5-1-17(2-6-18)14-26-9-11-27(12-10-26)21(28)8-4-16-3-7-19-20(13-16)30-15-29-19/h1-8,13H,9-12,14-15H2. The van der Waals surface area contributed by atoms with Crippen LogP contribution in [0, 0.1) is 0 Å². The number of piperazine rings is 1. The molecule has 5 nitrogen and oxygen atoms in total. The highest BCUT2D eigenvalue weighted by Crippen LogP contribution is 2.33. The first-order valence-corrected chi connectivity index (χ1v) is 9.64. The molecule has 1 amide bonds. The van der Waals surface area contributed by atoms with Gasteiger partial charge >= 0.3 is 6.18 Å². The molecular formula is C22H21F3N2O3. The van der Waals surface area contributed by atoms with Crippen LogP contribution in [0.3, 0.4) is 0 Å². The second-order valence-electron chi connectivity index (χ2n) is 7.24. The number of rotatable bonds is 4. The summed E-state index contributed by atoms with van der Waals surface area (Å²) in [5, 5.41) is 0. The summed E-state index contributed by atoms with van der Waals surface area (Å²) in [4.78, 5) is 16.4. The summed E-state index contributed by atoms with van der Waals surface area (Å²) >= 11 is 0. The van der Waals surface area contributed by atoms with Crippen LogP contribution in [0.1, 0.15) is 16.7 Å². The molecule has 0 unspecified atom stereocenters. The predicted molar refractivity (Wildman–Crippen MR) is 105 cm³/mol. The Morgan fingerprint density at radius 3 is 2.37 bits per heavy atom. The lowest BCUT2D eigenvalue weighted by Gasteiger charge is -2.34. The van der Waals surface area contributed by atoms with Gasteiger partial charge in [0.15, 0.2) is 11.5 Å². The molecule has 0 bridgehead atoms. The summed E-state index contributed by atoms with van der Waals surface area (Å²) in [6.07, 6.45) is -1.03. The van der Waals surface area contributed by atoms with Crippen molar-refractivity contribution in [3.8, 4) is 11.5 Å². The Kier molecular flexibility index (Phi) is 5.67. The summed E-state index contributed by atoms with van der Waals surface area (Å²) in [6.45, 7) is 3.26. The first-order valence-electron chi connectivity index (χ1n) is 9.64. The molecule has 0 radical (unpaired) electrons. The van der Waals surface area contributed by atoms with E-state index in [-0.39, 0.29) is 12.7 Å². The van der Waals surface area contributed by atoms with E-state index in [1.807, 2.05) is 18.2 Å². The lowest BCUT2D eigenvalue weighted by Crippen LogP contribution is -2.47. The number of halogens is 3. The van der Waals surface area contributed by atoms with E-state index in [0.717, 1.165) is 23.3 Å². The smallest absolute Gasteiger partial charge is 0.416 e. The number of nitrogens with zero attached hydrogens (tertiary/aromatic N) is 2. The molecule has 2 aromatic rings. The fourth-order valence-corrected chi connectivity index (χ4v) is 3.47. The Morgan fingerprint density at radius 1 is 0.967 bits per heavy atom. The van der Waals surface area contributed by atoms with Crippen LogP contribution in [0.25, 0.3) is 6.08 Å². The van der Waals surface area contributed by atoms with Gasteiger partial charge in [0.25, 0.3) is 0 Å². The van der Waals surface area contributed by atoms with E-state index in [9.17, 15) is 18.0 Å². The van der Waals surface area contributed by atoms with Crippen LogP contribution in [0.4, 0.5) is 13.2 Å². The summed E-state index contributed by atoms with van der Waals surface area (Å²) in [5.74, 6) is 1.30. The van der Waals surface area contributed by atoms with Gasteiger partial charge in [-0.15, -0.1) is 0 Å². The minimum atomic E-state index is -4.32. The minimum Gasteiger partial charge on any atom is -0.454 e. The lowest BCUT2D eigenvalue weighted by molar-refractivity contribution is -0.137. The average molecular weight is 418 g/mol. The van der Waals surface area contributed by atoms with Crippen molar-refractivity contribution in [2.75, 3.05) is 33.0 Å². The van der Waals surface area contributed by atoms with E-state index in [1.165, 1.54) is 12.1 Å². The van der Waals surface area contributed by atoms with Gasteiger partial charge in [-0.25, -0.2) is 0 Å². The Morgan fingerprint density at radius 2 is 1.67 bits per heavy atom. The molecule has 0 saturated carbocycles. The van der Waals surface area contributed by atoms with Crippen LogP contribution in [-0.2, 0) is 17.5 Å². The maximum atomic E-state index is 12.7. The number of ether oxygens (including phenoxy) is 2. The third-order valence-electron chi connectivity index (χ3n) is 5.19. The molecular weight excluding hydrogens is 397 g/mol. The third kappa shape index (κ3) is 4.76.